The van der Waals surface area contributed by atoms with E-state index in [0.29, 0.717) is 31.7 Å². The van der Waals surface area contributed by atoms with Gasteiger partial charge in [0.05, 0.1) is 11.4 Å². The summed E-state index contributed by atoms with van der Waals surface area (Å²) in [6.07, 6.45) is 1.22. The van der Waals surface area contributed by atoms with Crippen molar-refractivity contribution in [3.05, 3.63) is 24.3 Å². The SMILES string of the molecule is O=C(O)CN(C(=O)CN1C(=O)CSc2ccccc21)C1CCOCC1. The first kappa shape index (κ1) is 17.8. The standard InChI is InChI=1S/C17H20N2O5S/c20-15(18(10-17(22)23)12-5-7-24-8-6-12)9-19-13-3-1-2-4-14(13)25-11-16(19)21/h1-4,12H,5-11H2,(H,22,23). The van der Waals surface area contributed by atoms with Crippen molar-refractivity contribution in [3.63, 3.8) is 0 Å². The van der Waals surface area contributed by atoms with Crippen LogP contribution in [0.25, 0.3) is 0 Å². The summed E-state index contributed by atoms with van der Waals surface area (Å²) in [6, 6.07) is 7.27. The predicted molar refractivity (Wildman–Crippen MR) is 92.7 cm³/mol. The Labute approximate surface area is 149 Å². The number of nitrogens with zero attached hydrogens (tertiary/aromatic N) is 2. The third kappa shape index (κ3) is 4.13. The molecular weight excluding hydrogens is 344 g/mol. The average Bonchev–Trinajstić information content (AvgIpc) is 2.62. The fourth-order valence-corrected chi connectivity index (χ4v) is 4.05. The number of hydrogen-bond donors (Lipinski definition) is 1. The first-order valence-corrected chi connectivity index (χ1v) is 9.16. The molecule has 0 spiro atoms. The molecule has 3 rings (SSSR count). The second kappa shape index (κ2) is 7.88. The molecule has 1 fully saturated rings. The van der Waals surface area contributed by atoms with Crippen LogP contribution >= 0.6 is 11.8 Å². The number of amides is 2. The Balaban J connectivity index is 1.78. The normalized spacial score (nSPS) is 17.9. The molecule has 0 bridgehead atoms. The van der Waals surface area contributed by atoms with E-state index in [-0.39, 0.29) is 36.7 Å². The van der Waals surface area contributed by atoms with Crippen LogP contribution in [0.3, 0.4) is 0 Å². The molecule has 0 atom stereocenters. The Morgan fingerprint density at radius 3 is 2.72 bits per heavy atom. The lowest BCUT2D eigenvalue weighted by Gasteiger charge is -2.35. The quantitative estimate of drug-likeness (QED) is 0.845. The zero-order valence-corrected chi connectivity index (χ0v) is 14.5. The molecule has 25 heavy (non-hydrogen) atoms. The van der Waals surface area contributed by atoms with E-state index in [0.717, 1.165) is 4.90 Å². The molecule has 0 radical (unpaired) electrons. The third-order valence-corrected chi connectivity index (χ3v) is 5.41. The molecule has 134 valence electrons. The molecule has 8 heteroatoms. The Morgan fingerprint density at radius 2 is 2.00 bits per heavy atom. The molecule has 2 aliphatic rings. The second-order valence-corrected chi connectivity index (χ2v) is 7.01. The molecule has 2 heterocycles. The van der Waals surface area contributed by atoms with E-state index in [1.165, 1.54) is 21.6 Å². The van der Waals surface area contributed by atoms with Crippen molar-refractivity contribution in [3.8, 4) is 0 Å². The van der Waals surface area contributed by atoms with Crippen LogP contribution in [-0.4, -0.2) is 65.9 Å². The van der Waals surface area contributed by atoms with Gasteiger partial charge in [-0.25, -0.2) is 0 Å². The van der Waals surface area contributed by atoms with Crippen LogP contribution in [0.2, 0.25) is 0 Å². The number of rotatable bonds is 5. The fourth-order valence-electron chi connectivity index (χ4n) is 3.12. The van der Waals surface area contributed by atoms with Crippen LogP contribution in [0.4, 0.5) is 5.69 Å². The Kier molecular flexibility index (Phi) is 5.60. The highest BCUT2D eigenvalue weighted by Crippen LogP contribution is 2.34. The van der Waals surface area contributed by atoms with Crippen LogP contribution in [0.15, 0.2) is 29.2 Å². The number of para-hydroxylation sites is 1. The van der Waals surface area contributed by atoms with Crippen molar-refractivity contribution >= 4 is 35.2 Å². The molecule has 0 aliphatic carbocycles. The van der Waals surface area contributed by atoms with Gasteiger partial charge in [-0.05, 0) is 25.0 Å². The van der Waals surface area contributed by atoms with Crippen LogP contribution in [-0.2, 0) is 19.1 Å². The first-order chi connectivity index (χ1) is 12.1. The largest absolute Gasteiger partial charge is 0.480 e. The van der Waals surface area contributed by atoms with Gasteiger partial charge in [0.25, 0.3) is 0 Å². The lowest BCUT2D eigenvalue weighted by atomic mass is 10.1. The maximum Gasteiger partial charge on any atom is 0.323 e. The lowest BCUT2D eigenvalue weighted by Crippen LogP contribution is -2.51. The van der Waals surface area contributed by atoms with Gasteiger partial charge in [-0.1, -0.05) is 12.1 Å². The van der Waals surface area contributed by atoms with Gasteiger partial charge in [-0.2, -0.15) is 0 Å². The third-order valence-electron chi connectivity index (χ3n) is 4.36. The number of carboxylic acid groups (broad SMARTS) is 1. The smallest absolute Gasteiger partial charge is 0.323 e. The van der Waals surface area contributed by atoms with E-state index in [1.807, 2.05) is 24.3 Å². The topological polar surface area (TPSA) is 87.2 Å². The van der Waals surface area contributed by atoms with Crippen LogP contribution < -0.4 is 4.90 Å². The summed E-state index contributed by atoms with van der Waals surface area (Å²) < 4.78 is 5.30. The summed E-state index contributed by atoms with van der Waals surface area (Å²) >= 11 is 1.45. The summed E-state index contributed by atoms with van der Waals surface area (Å²) in [7, 11) is 0. The molecule has 2 aliphatic heterocycles. The van der Waals surface area contributed by atoms with Crippen molar-refractivity contribution < 1.29 is 24.2 Å². The first-order valence-electron chi connectivity index (χ1n) is 8.17. The van der Waals surface area contributed by atoms with Gasteiger partial charge < -0.3 is 19.6 Å². The Bertz CT molecular complexity index is 675. The minimum atomic E-state index is -1.05. The van der Waals surface area contributed by atoms with Crippen LogP contribution in [0, 0.1) is 0 Å². The zero-order valence-electron chi connectivity index (χ0n) is 13.7. The molecule has 0 unspecified atom stereocenters. The number of hydrogen-bond acceptors (Lipinski definition) is 5. The molecule has 0 saturated carbocycles. The molecule has 1 saturated heterocycles. The lowest BCUT2D eigenvalue weighted by molar-refractivity contribution is -0.147. The summed E-state index contributed by atoms with van der Waals surface area (Å²) in [5.41, 5.74) is 0.708. The minimum Gasteiger partial charge on any atom is -0.480 e. The highest BCUT2D eigenvalue weighted by atomic mass is 32.2. The number of fused-ring (bicyclic) bond motifs is 1. The Morgan fingerprint density at radius 1 is 1.28 bits per heavy atom. The van der Waals surface area contributed by atoms with Gasteiger partial charge in [0, 0.05) is 24.2 Å². The van der Waals surface area contributed by atoms with E-state index >= 15 is 0 Å². The highest BCUT2D eigenvalue weighted by molar-refractivity contribution is 8.00. The van der Waals surface area contributed by atoms with Gasteiger partial charge in [-0.3, -0.25) is 14.4 Å². The maximum atomic E-state index is 12.8. The average molecular weight is 364 g/mol. The van der Waals surface area contributed by atoms with Gasteiger partial charge >= 0.3 is 5.97 Å². The number of aliphatic carboxylic acids is 1. The summed E-state index contributed by atoms with van der Waals surface area (Å²) in [4.78, 5) is 40.1. The van der Waals surface area contributed by atoms with E-state index in [9.17, 15) is 19.5 Å². The monoisotopic (exact) mass is 364 g/mol. The summed E-state index contributed by atoms with van der Waals surface area (Å²) in [6.45, 7) is 0.523. The number of carbonyl (C=O) groups excluding carboxylic acids is 2. The number of benzene rings is 1. The van der Waals surface area contributed by atoms with Crippen molar-refractivity contribution in [1.82, 2.24) is 4.90 Å². The number of carbonyl (C=O) groups is 3. The summed E-state index contributed by atoms with van der Waals surface area (Å²) in [5, 5.41) is 9.17. The van der Waals surface area contributed by atoms with E-state index in [1.54, 1.807) is 0 Å². The van der Waals surface area contributed by atoms with E-state index in [2.05, 4.69) is 0 Å². The van der Waals surface area contributed by atoms with Crippen molar-refractivity contribution in [2.45, 2.75) is 23.8 Å². The van der Waals surface area contributed by atoms with Crippen LogP contribution in [0.1, 0.15) is 12.8 Å². The van der Waals surface area contributed by atoms with E-state index < -0.39 is 5.97 Å². The molecule has 1 aromatic rings. The zero-order chi connectivity index (χ0) is 17.8. The summed E-state index contributed by atoms with van der Waals surface area (Å²) in [5.74, 6) is -1.26. The van der Waals surface area contributed by atoms with E-state index in [4.69, 9.17) is 4.74 Å². The number of anilines is 1. The number of carboxylic acids is 1. The second-order valence-electron chi connectivity index (χ2n) is 6.00. The predicted octanol–water partition coefficient (Wildman–Crippen LogP) is 1.22. The van der Waals surface area contributed by atoms with Crippen molar-refractivity contribution in [2.24, 2.45) is 0 Å². The van der Waals surface area contributed by atoms with Gasteiger partial charge in [0.15, 0.2) is 0 Å². The fraction of sp³-hybridized carbons (Fsp3) is 0.471. The maximum absolute atomic E-state index is 12.8. The van der Waals surface area contributed by atoms with Gasteiger partial charge in [0.1, 0.15) is 13.1 Å². The number of ether oxygens (including phenoxy) is 1. The minimum absolute atomic E-state index is 0.138. The number of thioether (sulfide) groups is 1. The van der Waals surface area contributed by atoms with Crippen molar-refractivity contribution in [1.29, 1.82) is 0 Å². The molecule has 7 nitrogen and oxygen atoms in total. The van der Waals surface area contributed by atoms with Gasteiger partial charge in [-0.15, -0.1) is 11.8 Å². The molecule has 1 aromatic carbocycles. The molecule has 1 N–H and O–H groups in total. The molecular formula is C17H20N2O5S. The van der Waals surface area contributed by atoms with Gasteiger partial charge in [0.2, 0.25) is 11.8 Å². The van der Waals surface area contributed by atoms with Crippen molar-refractivity contribution in [2.75, 3.05) is 37.0 Å². The molecule has 2 amide bonds. The highest BCUT2D eigenvalue weighted by Gasteiger charge is 2.32. The van der Waals surface area contributed by atoms with Crippen LogP contribution in [0.5, 0.6) is 0 Å². The molecule has 0 aromatic heterocycles. The Hall–Kier alpha value is -2.06.